The molecule has 2 aliphatic heterocycles. The minimum Gasteiger partial charge on any atom is -0.496 e. The van der Waals surface area contributed by atoms with Crippen LogP contribution in [0.5, 0.6) is 5.75 Å². The lowest BCUT2D eigenvalue weighted by molar-refractivity contribution is -0.136. The number of amides is 3. The van der Waals surface area contributed by atoms with E-state index in [1.165, 1.54) is 0 Å². The summed E-state index contributed by atoms with van der Waals surface area (Å²) in [7, 11) is 1.61. The first kappa shape index (κ1) is 25.5. The number of piperidine rings is 1. The fourth-order valence-electron chi connectivity index (χ4n) is 5.87. The molecule has 2 N–H and O–H groups in total. The summed E-state index contributed by atoms with van der Waals surface area (Å²) in [5.41, 5.74) is 3.60. The summed E-state index contributed by atoms with van der Waals surface area (Å²) in [5.74, 6) is -0.193. The predicted octanol–water partition coefficient (Wildman–Crippen LogP) is 2.94. The Hall–Kier alpha value is -4.12. The lowest BCUT2D eigenvalue weighted by atomic mass is 9.91. The van der Waals surface area contributed by atoms with Gasteiger partial charge in [-0.05, 0) is 49.0 Å². The molecule has 2 aromatic carbocycles. The molecule has 8 nitrogen and oxygen atoms in total. The highest BCUT2D eigenvalue weighted by Gasteiger charge is 2.42. The fraction of sp³-hybridized carbons (Fsp3) is 0.400. The third-order valence-electron chi connectivity index (χ3n) is 7.88. The van der Waals surface area contributed by atoms with Crippen molar-refractivity contribution >= 4 is 23.8 Å². The molecule has 38 heavy (non-hydrogen) atoms. The summed E-state index contributed by atoms with van der Waals surface area (Å²) in [5, 5.41) is 15.4. The number of likely N-dealkylation sites (tertiary alicyclic amines) is 1. The Morgan fingerprint density at radius 3 is 2.76 bits per heavy atom. The number of fused-ring (bicyclic) bond motifs is 1. The Kier molecular flexibility index (Phi) is 7.45. The van der Waals surface area contributed by atoms with Crippen molar-refractivity contribution in [2.45, 2.75) is 50.1 Å². The number of ether oxygens (including phenoxy) is 1. The first-order valence-corrected chi connectivity index (χ1v) is 13.2. The Morgan fingerprint density at radius 2 is 2.03 bits per heavy atom. The molecule has 0 radical (unpaired) electrons. The highest BCUT2D eigenvalue weighted by atomic mass is 16.5. The Balaban J connectivity index is 1.36. The molecule has 8 heteroatoms. The standard InChI is InChI=1S/C30H32N4O4/c1-38-27-11-5-9-20-13-22(15-25(20)27)30(37)34-18-23(19-7-3-2-4-8-19)16-26(34)29(36)33-24(17-31)14-21-10-6-12-32-28(21)35/h2-5,7-9,11,15,21,23-24,26H,6,10,12-14,16,18H2,1H3,(H,32,35)(H,33,36)/t21-,23+,24-,26?/m0/s1. The van der Waals surface area contributed by atoms with Gasteiger partial charge in [0.25, 0.3) is 5.91 Å². The Bertz CT molecular complexity index is 1300. The van der Waals surface area contributed by atoms with Crippen LogP contribution >= 0.6 is 0 Å². The molecule has 2 heterocycles. The van der Waals surface area contributed by atoms with Gasteiger partial charge in [-0.2, -0.15) is 5.26 Å². The van der Waals surface area contributed by atoms with Crippen LogP contribution in [0.1, 0.15) is 48.3 Å². The molecule has 0 saturated carbocycles. The third kappa shape index (κ3) is 5.14. The molecule has 2 fully saturated rings. The Morgan fingerprint density at radius 1 is 1.21 bits per heavy atom. The van der Waals surface area contributed by atoms with E-state index in [2.05, 4.69) is 16.7 Å². The predicted molar refractivity (Wildman–Crippen MR) is 142 cm³/mol. The van der Waals surface area contributed by atoms with E-state index >= 15 is 0 Å². The first-order chi connectivity index (χ1) is 18.5. The average molecular weight is 513 g/mol. The van der Waals surface area contributed by atoms with Crippen molar-refractivity contribution in [3.05, 3.63) is 70.8 Å². The zero-order chi connectivity index (χ0) is 26.6. The minimum absolute atomic E-state index is 0.000488. The second-order valence-electron chi connectivity index (χ2n) is 10.3. The number of nitrogens with one attached hydrogen (secondary N) is 2. The van der Waals surface area contributed by atoms with E-state index in [1.54, 1.807) is 12.0 Å². The van der Waals surface area contributed by atoms with Crippen LogP contribution in [0.4, 0.5) is 0 Å². The van der Waals surface area contributed by atoms with Crippen molar-refractivity contribution in [1.29, 1.82) is 5.26 Å². The molecule has 0 aromatic heterocycles. The number of hydrogen-bond acceptors (Lipinski definition) is 5. The average Bonchev–Trinajstić information content (AvgIpc) is 3.59. The maximum Gasteiger partial charge on any atom is 0.250 e. The largest absolute Gasteiger partial charge is 0.496 e. The van der Waals surface area contributed by atoms with Gasteiger partial charge in [-0.15, -0.1) is 0 Å². The molecule has 3 amide bonds. The van der Waals surface area contributed by atoms with Crippen molar-refractivity contribution in [2.75, 3.05) is 20.2 Å². The number of carbonyl (C=O) groups excluding carboxylic acids is 3. The van der Waals surface area contributed by atoms with Gasteiger partial charge in [-0.1, -0.05) is 42.5 Å². The molecule has 5 rings (SSSR count). The summed E-state index contributed by atoms with van der Waals surface area (Å²) >= 11 is 0. The van der Waals surface area contributed by atoms with E-state index in [0.717, 1.165) is 23.1 Å². The highest BCUT2D eigenvalue weighted by molar-refractivity contribution is 6.03. The smallest absolute Gasteiger partial charge is 0.250 e. The van der Waals surface area contributed by atoms with E-state index in [-0.39, 0.29) is 36.0 Å². The van der Waals surface area contributed by atoms with Crippen molar-refractivity contribution in [3.63, 3.8) is 0 Å². The number of hydrogen-bond donors (Lipinski definition) is 2. The van der Waals surface area contributed by atoms with Gasteiger partial charge in [0.2, 0.25) is 11.8 Å². The molecule has 2 saturated heterocycles. The van der Waals surface area contributed by atoms with Crippen molar-refractivity contribution in [1.82, 2.24) is 15.5 Å². The van der Waals surface area contributed by atoms with E-state index < -0.39 is 12.1 Å². The summed E-state index contributed by atoms with van der Waals surface area (Å²) in [4.78, 5) is 41.3. The van der Waals surface area contributed by atoms with Gasteiger partial charge in [0, 0.05) is 42.5 Å². The van der Waals surface area contributed by atoms with E-state index in [4.69, 9.17) is 4.74 Å². The lowest BCUT2D eigenvalue weighted by Gasteiger charge is -2.27. The molecule has 3 aliphatic rings. The van der Waals surface area contributed by atoms with Gasteiger partial charge in [0.15, 0.2) is 0 Å². The van der Waals surface area contributed by atoms with Crippen molar-refractivity contribution in [3.8, 4) is 11.8 Å². The van der Waals surface area contributed by atoms with Crippen LogP contribution < -0.4 is 15.4 Å². The number of nitriles is 1. The molecular weight excluding hydrogens is 480 g/mol. The van der Waals surface area contributed by atoms with Crippen molar-refractivity contribution in [2.24, 2.45) is 5.92 Å². The zero-order valence-electron chi connectivity index (χ0n) is 21.5. The molecule has 4 atom stereocenters. The van der Waals surface area contributed by atoms with Gasteiger partial charge in [0.05, 0.1) is 13.2 Å². The van der Waals surface area contributed by atoms with E-state index in [9.17, 15) is 19.6 Å². The molecular formula is C30H32N4O4. The highest BCUT2D eigenvalue weighted by Crippen LogP contribution is 2.37. The maximum absolute atomic E-state index is 13.8. The first-order valence-electron chi connectivity index (χ1n) is 13.2. The second-order valence-corrected chi connectivity index (χ2v) is 10.3. The van der Waals surface area contributed by atoms with E-state index in [1.807, 2.05) is 54.6 Å². The molecule has 0 bridgehead atoms. The van der Waals surface area contributed by atoms with Crippen LogP contribution in [0, 0.1) is 17.2 Å². The fourth-order valence-corrected chi connectivity index (χ4v) is 5.87. The van der Waals surface area contributed by atoms with E-state index in [0.29, 0.717) is 43.7 Å². The molecule has 0 spiro atoms. The SMILES string of the molecule is COc1cccc2c1C=C(C(=O)N1C[C@H](c3ccccc3)CC1C(=O)N[C@H](C#N)C[C@@H]1CCCNC1=O)C2. The van der Waals surface area contributed by atoms with Crippen LogP contribution in [0.25, 0.3) is 6.08 Å². The number of benzene rings is 2. The van der Waals surface area contributed by atoms with Crippen LogP contribution in [0.2, 0.25) is 0 Å². The third-order valence-corrected chi connectivity index (χ3v) is 7.88. The van der Waals surface area contributed by atoms with Gasteiger partial charge in [-0.3, -0.25) is 14.4 Å². The van der Waals surface area contributed by atoms with Gasteiger partial charge in [-0.25, -0.2) is 0 Å². The second kappa shape index (κ2) is 11.1. The minimum atomic E-state index is -0.803. The van der Waals surface area contributed by atoms with Crippen LogP contribution in [-0.2, 0) is 20.8 Å². The lowest BCUT2D eigenvalue weighted by Crippen LogP contribution is -2.50. The summed E-state index contributed by atoms with van der Waals surface area (Å²) in [6, 6.07) is 16.3. The quantitative estimate of drug-likeness (QED) is 0.593. The molecule has 1 unspecified atom stereocenters. The normalized spacial score (nSPS) is 23.1. The topological polar surface area (TPSA) is 112 Å². The maximum atomic E-state index is 13.8. The summed E-state index contributed by atoms with van der Waals surface area (Å²) in [6.45, 7) is 1.05. The van der Waals surface area contributed by atoms with Gasteiger partial charge >= 0.3 is 0 Å². The molecule has 196 valence electrons. The number of carbonyl (C=O) groups is 3. The number of nitrogens with zero attached hydrogens (tertiary/aromatic N) is 2. The number of methoxy groups -OCH3 is 1. The van der Waals surface area contributed by atoms with Crippen LogP contribution in [-0.4, -0.2) is 54.9 Å². The monoisotopic (exact) mass is 512 g/mol. The molecule has 2 aromatic rings. The van der Waals surface area contributed by atoms with Crippen molar-refractivity contribution < 1.29 is 19.1 Å². The van der Waals surface area contributed by atoms with Crippen LogP contribution in [0.15, 0.2) is 54.1 Å². The summed E-state index contributed by atoms with van der Waals surface area (Å²) in [6.07, 6.45) is 4.62. The van der Waals surface area contributed by atoms with Gasteiger partial charge < -0.3 is 20.3 Å². The molecule has 1 aliphatic carbocycles. The summed E-state index contributed by atoms with van der Waals surface area (Å²) < 4.78 is 5.48. The van der Waals surface area contributed by atoms with Gasteiger partial charge in [0.1, 0.15) is 17.8 Å². The Labute approximate surface area is 222 Å². The zero-order valence-corrected chi connectivity index (χ0v) is 21.5. The number of rotatable bonds is 7. The van der Waals surface area contributed by atoms with Crippen LogP contribution in [0.3, 0.4) is 0 Å².